The van der Waals surface area contributed by atoms with E-state index >= 15 is 0 Å². The lowest BCUT2D eigenvalue weighted by atomic mass is 10.0. The molecule has 0 radical (unpaired) electrons. The Kier molecular flexibility index (Phi) is 5.66. The second-order valence-electron chi connectivity index (χ2n) is 8.02. The van der Waals surface area contributed by atoms with E-state index < -0.39 is 9.84 Å². The van der Waals surface area contributed by atoms with Crippen molar-refractivity contribution in [1.82, 2.24) is 15.1 Å². The number of hydrogen-bond donors (Lipinski definition) is 1. The Morgan fingerprint density at radius 2 is 1.87 bits per heavy atom. The summed E-state index contributed by atoms with van der Waals surface area (Å²) in [5.74, 6) is -0.563. The van der Waals surface area contributed by atoms with E-state index in [9.17, 15) is 17.6 Å². The van der Waals surface area contributed by atoms with Crippen molar-refractivity contribution < 1.29 is 17.6 Å². The lowest BCUT2D eigenvalue weighted by Crippen LogP contribution is -2.24. The third-order valence-corrected chi connectivity index (χ3v) is 7.44. The van der Waals surface area contributed by atoms with Gasteiger partial charge in [0.1, 0.15) is 5.82 Å². The Balaban J connectivity index is 1.64. The van der Waals surface area contributed by atoms with Crippen LogP contribution in [0.3, 0.4) is 0 Å². The highest BCUT2D eigenvalue weighted by Gasteiger charge is 2.32. The maximum Gasteiger partial charge on any atom is 0.272 e. The summed E-state index contributed by atoms with van der Waals surface area (Å²) in [6.45, 7) is 4.27. The number of nitrogens with zero attached hydrogens (tertiary/aromatic N) is 2. The van der Waals surface area contributed by atoms with Crippen molar-refractivity contribution >= 4 is 15.7 Å². The molecule has 1 aliphatic rings. The van der Waals surface area contributed by atoms with Crippen LogP contribution in [0.2, 0.25) is 0 Å². The Labute approximate surface area is 181 Å². The smallest absolute Gasteiger partial charge is 0.272 e. The summed E-state index contributed by atoms with van der Waals surface area (Å²) in [4.78, 5) is 12.8. The van der Waals surface area contributed by atoms with Crippen LogP contribution in [0.5, 0.6) is 0 Å². The van der Waals surface area contributed by atoms with Gasteiger partial charge in [0.25, 0.3) is 5.91 Å². The number of aromatic nitrogens is 2. The minimum atomic E-state index is -3.11. The van der Waals surface area contributed by atoms with Gasteiger partial charge in [0.05, 0.1) is 23.2 Å². The molecule has 1 N–H and O–H groups in total. The zero-order valence-corrected chi connectivity index (χ0v) is 18.2. The molecule has 2 heterocycles. The molecule has 1 aromatic heterocycles. The standard InChI is InChI=1S/C23H24FN3O3S/c1-15-3-6-18(11-16(15)2)22-12-21(26-27(22)20-9-10-31(29,30)14-20)23(28)25-13-17-4-7-19(24)8-5-17/h3-8,11-12,20H,9-10,13-14H2,1-2H3,(H,25,28)/t20-/m0/s1. The van der Waals surface area contributed by atoms with E-state index in [-0.39, 0.29) is 41.5 Å². The van der Waals surface area contributed by atoms with E-state index in [1.165, 1.54) is 12.1 Å². The molecule has 0 aliphatic carbocycles. The molecule has 0 saturated carbocycles. The minimum Gasteiger partial charge on any atom is -0.347 e. The van der Waals surface area contributed by atoms with Crippen LogP contribution in [0.25, 0.3) is 11.3 Å². The predicted molar refractivity (Wildman–Crippen MR) is 117 cm³/mol. The molecule has 1 saturated heterocycles. The van der Waals surface area contributed by atoms with Crippen LogP contribution in [0.4, 0.5) is 4.39 Å². The Hall–Kier alpha value is -3.00. The van der Waals surface area contributed by atoms with Crippen molar-refractivity contribution in [2.45, 2.75) is 32.9 Å². The van der Waals surface area contributed by atoms with Crippen molar-refractivity contribution in [3.63, 3.8) is 0 Å². The monoisotopic (exact) mass is 441 g/mol. The molecule has 2 aromatic carbocycles. The zero-order valence-electron chi connectivity index (χ0n) is 17.4. The number of carbonyl (C=O) groups is 1. The maximum atomic E-state index is 13.1. The van der Waals surface area contributed by atoms with Gasteiger partial charge in [0, 0.05) is 12.1 Å². The summed E-state index contributed by atoms with van der Waals surface area (Å²) in [6, 6.07) is 13.3. The number of nitrogens with one attached hydrogen (secondary N) is 1. The fourth-order valence-corrected chi connectivity index (χ4v) is 5.44. The predicted octanol–water partition coefficient (Wildman–Crippen LogP) is 3.60. The summed E-state index contributed by atoms with van der Waals surface area (Å²) < 4.78 is 38.8. The maximum absolute atomic E-state index is 13.1. The number of sulfone groups is 1. The molecule has 0 spiro atoms. The summed E-state index contributed by atoms with van der Waals surface area (Å²) in [5, 5.41) is 7.29. The highest BCUT2D eigenvalue weighted by atomic mass is 32.2. The number of rotatable bonds is 5. The summed E-state index contributed by atoms with van der Waals surface area (Å²) in [6.07, 6.45) is 0.471. The molecule has 3 aromatic rings. The molecule has 0 unspecified atom stereocenters. The molecule has 31 heavy (non-hydrogen) atoms. The van der Waals surface area contributed by atoms with Gasteiger partial charge in [-0.25, -0.2) is 12.8 Å². The lowest BCUT2D eigenvalue weighted by Gasteiger charge is -2.14. The Morgan fingerprint density at radius 1 is 1.13 bits per heavy atom. The zero-order chi connectivity index (χ0) is 22.2. The van der Waals surface area contributed by atoms with Crippen LogP contribution in [0.15, 0.2) is 48.5 Å². The SMILES string of the molecule is Cc1ccc(-c2cc(C(=O)NCc3ccc(F)cc3)nn2[C@H]2CCS(=O)(=O)C2)cc1C. The summed E-state index contributed by atoms with van der Waals surface area (Å²) in [5.41, 5.74) is 4.85. The van der Waals surface area contributed by atoms with Crippen molar-refractivity contribution in [2.24, 2.45) is 0 Å². The number of amides is 1. The summed E-state index contributed by atoms with van der Waals surface area (Å²) in [7, 11) is -3.11. The largest absolute Gasteiger partial charge is 0.347 e. The molecular formula is C23H24FN3O3S. The average Bonchev–Trinajstić information content (AvgIpc) is 3.33. The van der Waals surface area contributed by atoms with E-state index in [0.717, 1.165) is 27.9 Å². The third-order valence-electron chi connectivity index (χ3n) is 5.69. The van der Waals surface area contributed by atoms with E-state index in [0.29, 0.717) is 6.42 Å². The highest BCUT2D eigenvalue weighted by Crippen LogP contribution is 2.31. The molecule has 162 valence electrons. The van der Waals surface area contributed by atoms with Crippen LogP contribution in [0, 0.1) is 19.7 Å². The first-order valence-corrected chi connectivity index (χ1v) is 11.9. The van der Waals surface area contributed by atoms with Gasteiger partial charge in [-0.15, -0.1) is 0 Å². The van der Waals surface area contributed by atoms with Crippen molar-refractivity contribution in [1.29, 1.82) is 0 Å². The average molecular weight is 442 g/mol. The van der Waals surface area contributed by atoms with Gasteiger partial charge >= 0.3 is 0 Å². The first-order chi connectivity index (χ1) is 14.7. The van der Waals surface area contributed by atoms with Gasteiger partial charge in [-0.1, -0.05) is 24.3 Å². The quantitative estimate of drug-likeness (QED) is 0.656. The highest BCUT2D eigenvalue weighted by molar-refractivity contribution is 7.91. The number of benzene rings is 2. The fraction of sp³-hybridized carbons (Fsp3) is 0.304. The molecule has 0 bridgehead atoms. The normalized spacial score (nSPS) is 17.6. The Morgan fingerprint density at radius 3 is 2.52 bits per heavy atom. The van der Waals surface area contributed by atoms with E-state index in [1.54, 1.807) is 22.9 Å². The van der Waals surface area contributed by atoms with E-state index in [2.05, 4.69) is 10.4 Å². The molecule has 6 nitrogen and oxygen atoms in total. The van der Waals surface area contributed by atoms with E-state index in [4.69, 9.17) is 0 Å². The second-order valence-corrected chi connectivity index (χ2v) is 10.3. The van der Waals surface area contributed by atoms with Crippen LogP contribution in [-0.2, 0) is 16.4 Å². The molecule has 1 aliphatic heterocycles. The minimum absolute atomic E-state index is 0.0170. The van der Waals surface area contributed by atoms with Gasteiger partial charge in [0.2, 0.25) is 0 Å². The van der Waals surface area contributed by atoms with Crippen LogP contribution >= 0.6 is 0 Å². The number of hydrogen-bond acceptors (Lipinski definition) is 4. The first-order valence-electron chi connectivity index (χ1n) is 10.1. The van der Waals surface area contributed by atoms with Crippen molar-refractivity contribution in [3.05, 3.63) is 76.7 Å². The molecule has 1 fully saturated rings. The van der Waals surface area contributed by atoms with Gasteiger partial charge in [-0.05, 0) is 61.2 Å². The first kappa shape index (κ1) is 21.2. The van der Waals surface area contributed by atoms with Crippen LogP contribution in [-0.4, -0.2) is 35.6 Å². The lowest BCUT2D eigenvalue weighted by molar-refractivity contribution is 0.0945. The molecule has 4 rings (SSSR count). The van der Waals surface area contributed by atoms with Crippen LogP contribution in [0.1, 0.15) is 39.6 Å². The Bertz CT molecular complexity index is 1230. The second kappa shape index (κ2) is 8.26. The topological polar surface area (TPSA) is 81.1 Å². The van der Waals surface area contributed by atoms with Gasteiger partial charge < -0.3 is 5.32 Å². The molecule has 1 amide bonds. The van der Waals surface area contributed by atoms with Crippen molar-refractivity contribution in [2.75, 3.05) is 11.5 Å². The molecule has 8 heteroatoms. The summed E-state index contributed by atoms with van der Waals surface area (Å²) >= 11 is 0. The number of halogens is 1. The third kappa shape index (κ3) is 4.69. The number of aryl methyl sites for hydroxylation is 2. The van der Waals surface area contributed by atoms with Gasteiger partial charge in [0.15, 0.2) is 15.5 Å². The molecule has 1 atom stereocenters. The van der Waals surface area contributed by atoms with E-state index in [1.807, 2.05) is 32.0 Å². The van der Waals surface area contributed by atoms with Crippen molar-refractivity contribution in [3.8, 4) is 11.3 Å². The fourth-order valence-electron chi connectivity index (χ4n) is 3.74. The van der Waals surface area contributed by atoms with Gasteiger partial charge in [-0.3, -0.25) is 9.48 Å². The van der Waals surface area contributed by atoms with Crippen LogP contribution < -0.4 is 5.32 Å². The molecular weight excluding hydrogens is 417 g/mol. The van der Waals surface area contributed by atoms with Gasteiger partial charge in [-0.2, -0.15) is 5.10 Å². The number of carbonyl (C=O) groups excluding carboxylic acids is 1.